The van der Waals surface area contributed by atoms with Crippen LogP contribution in [-0.2, 0) is 66.0 Å². The molecule has 2 N–H and O–H groups in total. The van der Waals surface area contributed by atoms with Gasteiger partial charge in [0, 0.05) is 24.9 Å². The number of sulfonamides is 1. The molecule has 1 aromatic rings. The Morgan fingerprint density at radius 2 is 1.68 bits per heavy atom. The summed E-state index contributed by atoms with van der Waals surface area (Å²) in [5.41, 5.74) is -3.00. The third-order valence-corrected chi connectivity index (χ3v) is 12.2. The summed E-state index contributed by atoms with van der Waals surface area (Å²) >= 11 is 0. The maximum Gasteiger partial charge on any atom is 0.412 e. The van der Waals surface area contributed by atoms with Crippen molar-refractivity contribution in [2.24, 2.45) is 17.3 Å². The van der Waals surface area contributed by atoms with Crippen molar-refractivity contribution in [2.45, 2.75) is 122 Å². The summed E-state index contributed by atoms with van der Waals surface area (Å²) in [4.78, 5) is 96.6. The second kappa shape index (κ2) is 17.3. The van der Waals surface area contributed by atoms with Crippen molar-refractivity contribution in [1.29, 1.82) is 0 Å². The first-order chi connectivity index (χ1) is 27.8. The summed E-state index contributed by atoms with van der Waals surface area (Å²) in [7, 11) is -3.98. The number of esters is 2. The van der Waals surface area contributed by atoms with Crippen molar-refractivity contribution < 1.29 is 65.3 Å². The smallest absolute Gasteiger partial charge is 0.412 e. The highest BCUT2D eigenvalue weighted by Gasteiger charge is 2.61. The summed E-state index contributed by atoms with van der Waals surface area (Å²) in [5.74, 6) is -6.97. The minimum Gasteiger partial charge on any atom is -0.460 e. The first-order valence-electron chi connectivity index (χ1n) is 19.6. The molecule has 4 amide bonds. The van der Waals surface area contributed by atoms with E-state index in [2.05, 4.69) is 23.2 Å². The van der Waals surface area contributed by atoms with Crippen LogP contribution in [0.2, 0.25) is 0 Å². The number of nitrogens with one attached hydrogen (secondary N) is 2. The number of likely N-dealkylation sites (tertiary alicyclic amines) is 1. The number of carbonyl (C=O) groups excluding carboxylic acids is 7. The monoisotopic (exact) mass is 860 g/mol. The van der Waals surface area contributed by atoms with Crippen LogP contribution in [0.15, 0.2) is 43.1 Å². The molecular formula is C41H53FN4O13S. The van der Waals surface area contributed by atoms with E-state index in [9.17, 15) is 46.4 Å². The van der Waals surface area contributed by atoms with Crippen LogP contribution in [0.4, 0.5) is 14.0 Å². The number of alkyl carbamates (subject to hydrolysis) is 1. The van der Waals surface area contributed by atoms with Gasteiger partial charge < -0.3 is 23.8 Å². The Hall–Kier alpha value is -5.33. The van der Waals surface area contributed by atoms with Gasteiger partial charge in [0.1, 0.15) is 35.4 Å². The summed E-state index contributed by atoms with van der Waals surface area (Å²) in [5, 5.41) is 1.44. The summed E-state index contributed by atoms with van der Waals surface area (Å²) in [6.07, 6.45) is -2.01. The van der Waals surface area contributed by atoms with Gasteiger partial charge >= 0.3 is 24.1 Å². The molecular weight excluding hydrogens is 808 g/mol. The topological polar surface area (TPSA) is 221 Å². The van der Waals surface area contributed by atoms with Gasteiger partial charge in [0.05, 0.1) is 42.1 Å². The van der Waals surface area contributed by atoms with E-state index < -0.39 is 129 Å². The van der Waals surface area contributed by atoms with Gasteiger partial charge in [-0.3, -0.25) is 34.1 Å². The molecule has 0 radical (unpaired) electrons. The average molecular weight is 861 g/mol. The molecule has 2 unspecified atom stereocenters. The largest absolute Gasteiger partial charge is 0.460 e. The van der Waals surface area contributed by atoms with Crippen molar-refractivity contribution >= 4 is 51.7 Å². The highest BCUT2D eigenvalue weighted by molar-refractivity contribution is 7.90. The van der Waals surface area contributed by atoms with Crippen LogP contribution in [0, 0.1) is 23.1 Å². The number of fused-ring (bicyclic) bond motifs is 1. The van der Waals surface area contributed by atoms with Crippen LogP contribution >= 0.6 is 0 Å². The van der Waals surface area contributed by atoms with Gasteiger partial charge in [-0.05, 0) is 78.4 Å². The number of amides is 4. The maximum atomic E-state index is 14.6. The Morgan fingerprint density at radius 1 is 1.02 bits per heavy atom. The van der Waals surface area contributed by atoms with E-state index >= 15 is 0 Å². The first kappa shape index (κ1) is 45.7. The molecule has 2 aliphatic heterocycles. The lowest BCUT2D eigenvalue weighted by atomic mass is 9.91. The standard InChI is InChI=1S/C41H53FN4O13S/c1-9-26-17-41(26,36(51)44-60(54,55)28-13-14-28)18-32(47)31-16-27(57-38(53)45-19-24-11-10-12-30(42)29(24)21-45)20-46(31)34(49)25(15-33(48)58-39(3,4)5)22-56-35(50)23(2)43-37(52)59-40(6,7)8/h9-12,25-28,31H,1-2,13-22H2,3-8H3,(H,43,52)(H,44,51)/t25-,26+,27?,31?,41+/m0/s1. The van der Waals surface area contributed by atoms with Gasteiger partial charge in [-0.2, -0.15) is 0 Å². The molecule has 0 aromatic heterocycles. The Morgan fingerprint density at radius 3 is 2.27 bits per heavy atom. The molecule has 1 aromatic carbocycles. The molecule has 0 spiro atoms. The van der Waals surface area contributed by atoms with Gasteiger partial charge in [0.2, 0.25) is 21.8 Å². The predicted octanol–water partition coefficient (Wildman–Crippen LogP) is 3.94. The highest BCUT2D eigenvalue weighted by atomic mass is 32.2. The Balaban J connectivity index is 1.39. The SMILES string of the molecule is C=C[C@@H]1C[C@]1(CC(=O)C1CC(OC(=O)N2Cc3cccc(F)c3C2)CN1C(=O)[C@H](COC(=O)C(=C)NC(=O)OC(C)(C)C)CC(=O)OC(C)(C)C)C(=O)NS(=O)(=O)C1CC1. The lowest BCUT2D eigenvalue weighted by Crippen LogP contribution is -2.47. The highest BCUT2D eigenvalue weighted by Crippen LogP contribution is 2.57. The first-order valence-corrected chi connectivity index (χ1v) is 21.2. The van der Waals surface area contributed by atoms with E-state index in [0.29, 0.717) is 24.0 Å². The molecule has 5 rings (SSSR count). The molecule has 60 heavy (non-hydrogen) atoms. The van der Waals surface area contributed by atoms with E-state index in [1.54, 1.807) is 47.6 Å². The number of nitrogens with zero attached hydrogens (tertiary/aromatic N) is 2. The number of allylic oxidation sites excluding steroid dienone is 1. The lowest BCUT2D eigenvalue weighted by molar-refractivity contribution is -0.161. The second-order valence-corrected chi connectivity index (χ2v) is 19.7. The van der Waals surface area contributed by atoms with Crippen LogP contribution in [-0.4, -0.2) is 102 Å². The lowest BCUT2D eigenvalue weighted by Gasteiger charge is -2.29. The molecule has 328 valence electrons. The molecule has 2 heterocycles. The van der Waals surface area contributed by atoms with E-state index in [4.69, 9.17) is 18.9 Å². The molecule has 3 fully saturated rings. The minimum absolute atomic E-state index is 0.0470. The van der Waals surface area contributed by atoms with Crippen LogP contribution < -0.4 is 10.0 Å². The average Bonchev–Trinajstić information content (AvgIpc) is 4.02. The number of ketones is 1. The quantitative estimate of drug-likeness (QED) is 0.111. The zero-order valence-electron chi connectivity index (χ0n) is 34.7. The maximum absolute atomic E-state index is 14.6. The van der Waals surface area contributed by atoms with Crippen molar-refractivity contribution in [1.82, 2.24) is 19.8 Å². The van der Waals surface area contributed by atoms with Gasteiger partial charge in [-0.15, -0.1) is 6.58 Å². The minimum atomic E-state index is -3.98. The fourth-order valence-electron chi connectivity index (χ4n) is 7.24. The van der Waals surface area contributed by atoms with Crippen LogP contribution in [0.1, 0.15) is 91.2 Å². The molecule has 5 atom stereocenters. The Bertz CT molecular complexity index is 2070. The number of Topliss-reactive ketones (excluding diaryl/α,β-unsaturated/α-hetero) is 1. The number of hydrogen-bond donors (Lipinski definition) is 2. The Kier molecular flexibility index (Phi) is 13.2. The molecule has 0 bridgehead atoms. The van der Waals surface area contributed by atoms with Gasteiger partial charge in [0.15, 0.2) is 5.78 Å². The normalized spacial score (nSPS) is 22.8. The van der Waals surface area contributed by atoms with Crippen LogP contribution in [0.5, 0.6) is 0 Å². The van der Waals surface area contributed by atoms with E-state index in [1.807, 2.05) is 0 Å². The number of carbonyl (C=O) groups is 7. The van der Waals surface area contributed by atoms with E-state index in [1.165, 1.54) is 23.1 Å². The predicted molar refractivity (Wildman–Crippen MR) is 210 cm³/mol. The summed E-state index contributed by atoms with van der Waals surface area (Å²) in [6.45, 7) is 15.7. The zero-order chi connectivity index (χ0) is 44.5. The second-order valence-electron chi connectivity index (χ2n) is 17.7. The van der Waals surface area contributed by atoms with E-state index in [-0.39, 0.29) is 32.5 Å². The van der Waals surface area contributed by atoms with Crippen LogP contribution in [0.3, 0.4) is 0 Å². The van der Waals surface area contributed by atoms with Crippen molar-refractivity contribution in [3.8, 4) is 0 Å². The molecule has 4 aliphatic rings. The summed E-state index contributed by atoms with van der Waals surface area (Å²) in [6, 6.07) is 3.10. The molecule has 2 aliphatic carbocycles. The molecule has 1 saturated heterocycles. The van der Waals surface area contributed by atoms with Gasteiger partial charge in [-0.25, -0.2) is 27.2 Å². The third kappa shape index (κ3) is 11.3. The zero-order valence-corrected chi connectivity index (χ0v) is 35.5. The van der Waals surface area contributed by atoms with Crippen molar-refractivity contribution in [3.63, 3.8) is 0 Å². The van der Waals surface area contributed by atoms with Crippen molar-refractivity contribution in [2.75, 3.05) is 13.2 Å². The number of hydrogen-bond acceptors (Lipinski definition) is 13. The third-order valence-electron chi connectivity index (χ3n) is 10.4. The summed E-state index contributed by atoms with van der Waals surface area (Å²) < 4.78 is 63.8. The number of benzene rings is 1. The molecule has 19 heteroatoms. The number of ether oxygens (including phenoxy) is 4. The van der Waals surface area contributed by atoms with E-state index in [0.717, 1.165) is 4.90 Å². The van der Waals surface area contributed by atoms with Gasteiger partial charge in [-0.1, -0.05) is 24.8 Å². The van der Waals surface area contributed by atoms with Crippen molar-refractivity contribution in [3.05, 3.63) is 60.1 Å². The van der Waals surface area contributed by atoms with Gasteiger partial charge in [0.25, 0.3) is 0 Å². The van der Waals surface area contributed by atoms with Crippen LogP contribution in [0.25, 0.3) is 0 Å². The number of rotatable bonds is 15. The Labute approximate surface area is 348 Å². The molecule has 17 nitrogen and oxygen atoms in total. The fourth-order valence-corrected chi connectivity index (χ4v) is 8.63. The number of halogens is 1. The fraction of sp³-hybridized carbons (Fsp3) is 0.585. The molecule has 2 saturated carbocycles.